The van der Waals surface area contributed by atoms with Gasteiger partial charge in [-0.25, -0.2) is 0 Å². The van der Waals surface area contributed by atoms with E-state index in [1.807, 2.05) is 25.1 Å². The van der Waals surface area contributed by atoms with Gasteiger partial charge in [-0.3, -0.25) is 4.98 Å². The average molecular weight is 119 g/mol. The zero-order valence-corrected chi connectivity index (χ0v) is 5.46. The monoisotopic (exact) mass is 119 g/mol. The van der Waals surface area contributed by atoms with Crippen molar-refractivity contribution in [3.63, 3.8) is 0 Å². The molecular weight excluding hydrogens is 110 g/mol. The highest BCUT2D eigenvalue weighted by Gasteiger charge is 1.87. The van der Waals surface area contributed by atoms with E-state index in [1.165, 1.54) is 0 Å². The molecule has 1 rings (SSSR count). The smallest absolute Gasteiger partial charge is 0.0409 e. The Morgan fingerprint density at radius 1 is 1.56 bits per heavy atom. The third-order valence-corrected chi connectivity index (χ3v) is 1.16. The molecule has 1 aromatic rings. The van der Waals surface area contributed by atoms with E-state index in [1.54, 1.807) is 0 Å². The van der Waals surface area contributed by atoms with E-state index in [4.69, 9.17) is 6.92 Å². The van der Waals surface area contributed by atoms with E-state index in [-0.39, 0.29) is 0 Å². The Hall–Kier alpha value is -0.850. The number of nitrogens with zero attached hydrogens (tertiary/aromatic N) is 1. The van der Waals surface area contributed by atoms with Crippen molar-refractivity contribution in [2.45, 2.75) is 13.3 Å². The van der Waals surface area contributed by atoms with E-state index in [0.29, 0.717) is 6.42 Å². The van der Waals surface area contributed by atoms with Crippen molar-refractivity contribution >= 4 is 0 Å². The van der Waals surface area contributed by atoms with Gasteiger partial charge in [0.1, 0.15) is 0 Å². The molecule has 1 aromatic heterocycles. The van der Waals surface area contributed by atoms with Crippen LogP contribution < -0.4 is 0 Å². The maximum atomic E-state index is 5.36. The van der Waals surface area contributed by atoms with Gasteiger partial charge in [0.15, 0.2) is 0 Å². The molecule has 0 fully saturated rings. The molecule has 0 unspecified atom stereocenters. The molecule has 0 N–H and O–H groups in total. The minimum absolute atomic E-state index is 0.529. The van der Waals surface area contributed by atoms with Crippen LogP contribution in [0, 0.1) is 13.8 Å². The van der Waals surface area contributed by atoms with Crippen LogP contribution in [0.4, 0.5) is 0 Å². The second-order valence-electron chi connectivity index (χ2n) is 1.97. The summed E-state index contributed by atoms with van der Waals surface area (Å²) >= 11 is 0. The number of hydrogen-bond acceptors (Lipinski definition) is 1. The van der Waals surface area contributed by atoms with Crippen LogP contribution >= 0.6 is 0 Å². The van der Waals surface area contributed by atoms with Crippen molar-refractivity contribution in [3.8, 4) is 0 Å². The van der Waals surface area contributed by atoms with Crippen molar-refractivity contribution in [3.05, 3.63) is 36.5 Å². The van der Waals surface area contributed by atoms with Gasteiger partial charge in [0.25, 0.3) is 0 Å². The van der Waals surface area contributed by atoms with Gasteiger partial charge >= 0.3 is 0 Å². The summed E-state index contributed by atoms with van der Waals surface area (Å²) in [4.78, 5) is 4.17. The Balaban J connectivity index is 2.94. The normalized spacial score (nSPS) is 9.56. The molecular formula is C8H9N. The van der Waals surface area contributed by atoms with E-state index in [9.17, 15) is 0 Å². The molecule has 0 amide bonds. The molecule has 46 valence electrons. The largest absolute Gasteiger partial charge is 0.258 e. The second-order valence-corrected chi connectivity index (χ2v) is 1.97. The van der Waals surface area contributed by atoms with Crippen LogP contribution in [-0.2, 0) is 6.42 Å². The first-order chi connectivity index (χ1) is 4.33. The van der Waals surface area contributed by atoms with Gasteiger partial charge in [-0.2, -0.15) is 0 Å². The summed E-state index contributed by atoms with van der Waals surface area (Å²) in [5.74, 6) is 0. The molecule has 0 aliphatic heterocycles. The highest BCUT2D eigenvalue weighted by atomic mass is 14.7. The minimum atomic E-state index is 0.529. The number of pyridine rings is 1. The molecule has 0 aliphatic carbocycles. The molecule has 0 saturated heterocycles. The standard InChI is InChI=1S/C8H9N/c1-3-8-6-4-5-7(2)9-8/h1,4-6H,3H2,2H3. The lowest BCUT2D eigenvalue weighted by atomic mass is 10.3. The molecule has 2 radical (unpaired) electrons. The van der Waals surface area contributed by atoms with E-state index in [0.717, 1.165) is 11.4 Å². The van der Waals surface area contributed by atoms with Gasteiger partial charge in [-0.1, -0.05) is 6.07 Å². The quantitative estimate of drug-likeness (QED) is 0.547. The van der Waals surface area contributed by atoms with E-state index in [2.05, 4.69) is 4.98 Å². The zero-order chi connectivity index (χ0) is 6.69. The van der Waals surface area contributed by atoms with Crippen molar-refractivity contribution in [1.29, 1.82) is 0 Å². The number of aryl methyl sites for hydroxylation is 1. The molecule has 0 bridgehead atoms. The minimum Gasteiger partial charge on any atom is -0.258 e. The number of rotatable bonds is 1. The SMILES string of the molecule is [CH]Cc1cccc(C)n1. The van der Waals surface area contributed by atoms with Crippen LogP contribution in [0.1, 0.15) is 11.4 Å². The fraction of sp³-hybridized carbons (Fsp3) is 0.250. The van der Waals surface area contributed by atoms with Gasteiger partial charge in [0.2, 0.25) is 0 Å². The van der Waals surface area contributed by atoms with Gasteiger partial charge in [-0.05, 0) is 32.4 Å². The topological polar surface area (TPSA) is 12.9 Å². The third kappa shape index (κ3) is 1.53. The summed E-state index contributed by atoms with van der Waals surface area (Å²) in [7, 11) is 0. The van der Waals surface area contributed by atoms with Gasteiger partial charge in [-0.15, -0.1) is 0 Å². The van der Waals surface area contributed by atoms with E-state index < -0.39 is 0 Å². The highest BCUT2D eigenvalue weighted by molar-refractivity contribution is 5.10. The van der Waals surface area contributed by atoms with Crippen LogP contribution in [0.5, 0.6) is 0 Å². The molecule has 9 heavy (non-hydrogen) atoms. The first-order valence-electron chi connectivity index (χ1n) is 2.95. The zero-order valence-electron chi connectivity index (χ0n) is 5.46. The van der Waals surface area contributed by atoms with Crippen molar-refractivity contribution in [1.82, 2.24) is 4.98 Å². The first-order valence-corrected chi connectivity index (χ1v) is 2.95. The number of hydrogen-bond donors (Lipinski definition) is 0. The Kier molecular flexibility index (Phi) is 1.83. The molecule has 1 nitrogen and oxygen atoms in total. The highest BCUT2D eigenvalue weighted by Crippen LogP contribution is 1.96. The maximum Gasteiger partial charge on any atom is 0.0409 e. The van der Waals surface area contributed by atoms with Gasteiger partial charge < -0.3 is 0 Å². The van der Waals surface area contributed by atoms with Gasteiger partial charge in [0, 0.05) is 11.4 Å². The van der Waals surface area contributed by atoms with Crippen molar-refractivity contribution in [2.75, 3.05) is 0 Å². The third-order valence-electron chi connectivity index (χ3n) is 1.16. The molecule has 0 aliphatic rings. The van der Waals surface area contributed by atoms with E-state index >= 15 is 0 Å². The average Bonchev–Trinajstić information content (AvgIpc) is 1.88. The van der Waals surface area contributed by atoms with Crippen LogP contribution in [0.15, 0.2) is 18.2 Å². The fourth-order valence-corrected chi connectivity index (χ4v) is 0.713. The molecule has 0 aromatic carbocycles. The second kappa shape index (κ2) is 2.62. The molecule has 0 spiro atoms. The Morgan fingerprint density at radius 3 is 2.78 bits per heavy atom. The Morgan fingerprint density at radius 2 is 2.33 bits per heavy atom. The van der Waals surface area contributed by atoms with Crippen LogP contribution in [0.25, 0.3) is 0 Å². The Labute approximate surface area is 55.7 Å². The van der Waals surface area contributed by atoms with Gasteiger partial charge in [0.05, 0.1) is 0 Å². The Bertz CT molecular complexity index is 194. The number of aromatic nitrogens is 1. The molecule has 0 atom stereocenters. The van der Waals surface area contributed by atoms with Crippen LogP contribution in [0.2, 0.25) is 0 Å². The van der Waals surface area contributed by atoms with Crippen molar-refractivity contribution < 1.29 is 0 Å². The van der Waals surface area contributed by atoms with Crippen LogP contribution in [-0.4, -0.2) is 4.98 Å². The molecule has 0 saturated carbocycles. The first kappa shape index (κ1) is 6.27. The lowest BCUT2D eigenvalue weighted by Gasteiger charge is -1.94. The molecule has 1 heteroatoms. The summed E-state index contributed by atoms with van der Waals surface area (Å²) in [6, 6.07) is 5.84. The summed E-state index contributed by atoms with van der Waals surface area (Å²) in [5.41, 5.74) is 1.98. The predicted octanol–water partition coefficient (Wildman–Crippen LogP) is 1.64. The summed E-state index contributed by atoms with van der Waals surface area (Å²) in [6.45, 7) is 7.31. The molecule has 1 heterocycles. The summed E-state index contributed by atoms with van der Waals surface area (Å²) in [5, 5.41) is 0. The lowest BCUT2D eigenvalue weighted by molar-refractivity contribution is 1.06. The lowest BCUT2D eigenvalue weighted by Crippen LogP contribution is -1.87. The summed E-state index contributed by atoms with van der Waals surface area (Å²) < 4.78 is 0. The maximum absolute atomic E-state index is 5.36. The predicted molar refractivity (Wildman–Crippen MR) is 37.0 cm³/mol. The van der Waals surface area contributed by atoms with Crippen LogP contribution in [0.3, 0.4) is 0 Å². The fourth-order valence-electron chi connectivity index (χ4n) is 0.713. The van der Waals surface area contributed by atoms with Crippen molar-refractivity contribution in [2.24, 2.45) is 0 Å². The summed E-state index contributed by atoms with van der Waals surface area (Å²) in [6.07, 6.45) is 0.529.